The molecule has 0 spiro atoms. The zero-order valence-electron chi connectivity index (χ0n) is 11.1. The molecule has 1 aliphatic rings. The van der Waals surface area contributed by atoms with Gasteiger partial charge in [-0.1, -0.05) is 15.9 Å². The first kappa shape index (κ1) is 15.7. The number of hydrogen-bond acceptors (Lipinski definition) is 4. The highest BCUT2D eigenvalue weighted by molar-refractivity contribution is 9.10. The van der Waals surface area contributed by atoms with Crippen LogP contribution in [0.1, 0.15) is 12.8 Å². The first-order valence-corrected chi connectivity index (χ1v) is 7.49. The van der Waals surface area contributed by atoms with Crippen LogP contribution in [0.5, 0.6) is 5.75 Å². The molecule has 0 radical (unpaired) electrons. The third-order valence-electron chi connectivity index (χ3n) is 3.30. The lowest BCUT2D eigenvalue weighted by Crippen LogP contribution is -2.41. The van der Waals surface area contributed by atoms with Crippen molar-refractivity contribution in [1.82, 2.24) is 4.90 Å². The third kappa shape index (κ3) is 5.01. The Balaban J connectivity index is 1.75. The summed E-state index contributed by atoms with van der Waals surface area (Å²) in [6.07, 6.45) is 0.631. The SMILES string of the molecule is OC1CCN(CC(O)COc2cc(F)cc(Br)c2)CC1. The molecule has 112 valence electrons. The van der Waals surface area contributed by atoms with Crippen LogP contribution in [0.2, 0.25) is 0 Å². The van der Waals surface area contributed by atoms with E-state index in [-0.39, 0.29) is 18.5 Å². The molecule has 2 rings (SSSR count). The lowest BCUT2D eigenvalue weighted by atomic mass is 10.1. The number of hydrogen-bond donors (Lipinski definition) is 2. The Hall–Kier alpha value is -0.690. The van der Waals surface area contributed by atoms with E-state index in [1.54, 1.807) is 6.07 Å². The number of aliphatic hydroxyl groups is 2. The number of nitrogens with zero attached hydrogens (tertiary/aromatic N) is 1. The van der Waals surface area contributed by atoms with Crippen molar-refractivity contribution in [3.8, 4) is 5.75 Å². The van der Waals surface area contributed by atoms with E-state index < -0.39 is 6.10 Å². The number of ether oxygens (including phenoxy) is 1. The van der Waals surface area contributed by atoms with Crippen LogP contribution in [0.15, 0.2) is 22.7 Å². The summed E-state index contributed by atoms with van der Waals surface area (Å²) in [6, 6.07) is 4.30. The van der Waals surface area contributed by atoms with E-state index in [1.165, 1.54) is 12.1 Å². The molecule has 4 nitrogen and oxygen atoms in total. The topological polar surface area (TPSA) is 52.9 Å². The van der Waals surface area contributed by atoms with Gasteiger partial charge < -0.3 is 19.8 Å². The van der Waals surface area contributed by atoms with Gasteiger partial charge in [-0.15, -0.1) is 0 Å². The van der Waals surface area contributed by atoms with Crippen LogP contribution in [0.25, 0.3) is 0 Å². The van der Waals surface area contributed by atoms with Crippen LogP contribution in [0.3, 0.4) is 0 Å². The van der Waals surface area contributed by atoms with E-state index in [2.05, 4.69) is 20.8 Å². The van der Waals surface area contributed by atoms with E-state index in [4.69, 9.17) is 4.74 Å². The molecule has 1 atom stereocenters. The monoisotopic (exact) mass is 347 g/mol. The maximum absolute atomic E-state index is 13.2. The Morgan fingerprint density at radius 2 is 2.05 bits per heavy atom. The zero-order chi connectivity index (χ0) is 14.5. The van der Waals surface area contributed by atoms with Gasteiger partial charge in [0.25, 0.3) is 0 Å². The normalized spacial score (nSPS) is 19.0. The smallest absolute Gasteiger partial charge is 0.128 e. The van der Waals surface area contributed by atoms with Crippen LogP contribution in [-0.2, 0) is 0 Å². The number of aliphatic hydroxyl groups excluding tert-OH is 2. The van der Waals surface area contributed by atoms with Gasteiger partial charge in [-0.3, -0.25) is 0 Å². The second-order valence-electron chi connectivity index (χ2n) is 5.10. The van der Waals surface area contributed by atoms with Crippen molar-refractivity contribution in [3.05, 3.63) is 28.5 Å². The molecule has 6 heteroatoms. The number of β-amino-alcohol motifs (C(OH)–C–C–N with tert-alkyl or cyclic N) is 1. The molecule has 0 bridgehead atoms. The van der Waals surface area contributed by atoms with Crippen LogP contribution in [0.4, 0.5) is 4.39 Å². The Labute approximate surface area is 126 Å². The fourth-order valence-electron chi connectivity index (χ4n) is 2.26. The number of halogens is 2. The number of rotatable bonds is 5. The molecule has 0 amide bonds. The van der Waals surface area contributed by atoms with Gasteiger partial charge in [-0.2, -0.15) is 0 Å². The molecule has 2 N–H and O–H groups in total. The predicted octanol–water partition coefficient (Wildman–Crippen LogP) is 1.78. The fraction of sp³-hybridized carbons (Fsp3) is 0.571. The van der Waals surface area contributed by atoms with Gasteiger partial charge in [0.2, 0.25) is 0 Å². The summed E-state index contributed by atoms with van der Waals surface area (Å²) in [5, 5.41) is 19.3. The fourth-order valence-corrected chi connectivity index (χ4v) is 2.70. The van der Waals surface area contributed by atoms with Gasteiger partial charge >= 0.3 is 0 Å². The standard InChI is InChI=1S/C14H19BrFNO3/c15-10-5-11(16)7-14(6-10)20-9-13(19)8-17-3-1-12(18)2-4-17/h5-7,12-13,18-19H,1-4,8-9H2. The van der Waals surface area contributed by atoms with Crippen molar-refractivity contribution in [1.29, 1.82) is 0 Å². The maximum Gasteiger partial charge on any atom is 0.128 e. The molecule has 0 saturated carbocycles. The molecule has 20 heavy (non-hydrogen) atoms. The summed E-state index contributed by atoms with van der Waals surface area (Å²) < 4.78 is 19.2. The molecule has 1 aromatic carbocycles. The summed E-state index contributed by atoms with van der Waals surface area (Å²) in [6.45, 7) is 2.19. The molecule has 1 unspecified atom stereocenters. The average Bonchev–Trinajstić information content (AvgIpc) is 2.38. The Bertz CT molecular complexity index is 418. The first-order chi connectivity index (χ1) is 9.52. The lowest BCUT2D eigenvalue weighted by Gasteiger charge is -2.30. The van der Waals surface area contributed by atoms with E-state index in [1.807, 2.05) is 0 Å². The number of likely N-dealkylation sites (tertiary alicyclic amines) is 1. The summed E-state index contributed by atoms with van der Waals surface area (Å²) in [7, 11) is 0. The van der Waals surface area contributed by atoms with Crippen LogP contribution in [0, 0.1) is 5.82 Å². The molecule has 1 saturated heterocycles. The van der Waals surface area contributed by atoms with Crippen molar-refractivity contribution in [3.63, 3.8) is 0 Å². The summed E-state index contributed by atoms with van der Waals surface area (Å²) in [5.41, 5.74) is 0. The van der Waals surface area contributed by atoms with Gasteiger partial charge in [0.1, 0.15) is 24.3 Å². The molecule has 1 fully saturated rings. The molecule has 1 aromatic rings. The van der Waals surface area contributed by atoms with Crippen molar-refractivity contribution < 1.29 is 19.3 Å². The summed E-state index contributed by atoms with van der Waals surface area (Å²) >= 11 is 3.19. The molecule has 0 aliphatic carbocycles. The van der Waals surface area contributed by atoms with Gasteiger partial charge in [0.05, 0.1) is 6.10 Å². The second kappa shape index (κ2) is 7.36. The first-order valence-electron chi connectivity index (χ1n) is 6.70. The van der Waals surface area contributed by atoms with Gasteiger partial charge in [-0.05, 0) is 25.0 Å². The van der Waals surface area contributed by atoms with E-state index in [0.717, 1.165) is 25.9 Å². The quantitative estimate of drug-likeness (QED) is 0.852. The minimum absolute atomic E-state index is 0.120. The van der Waals surface area contributed by atoms with Gasteiger partial charge in [0, 0.05) is 30.2 Å². The molecular formula is C14H19BrFNO3. The molecular weight excluding hydrogens is 329 g/mol. The molecule has 1 heterocycles. The van der Waals surface area contributed by atoms with E-state index in [9.17, 15) is 14.6 Å². The Morgan fingerprint density at radius 1 is 1.35 bits per heavy atom. The summed E-state index contributed by atoms with van der Waals surface area (Å²) in [4.78, 5) is 2.10. The van der Waals surface area contributed by atoms with Gasteiger partial charge in [-0.25, -0.2) is 4.39 Å². The second-order valence-corrected chi connectivity index (χ2v) is 6.02. The van der Waals surface area contributed by atoms with Crippen molar-refractivity contribution in [2.45, 2.75) is 25.0 Å². The highest BCUT2D eigenvalue weighted by Gasteiger charge is 2.19. The van der Waals surface area contributed by atoms with Crippen molar-refractivity contribution in [2.75, 3.05) is 26.2 Å². The predicted molar refractivity (Wildman–Crippen MR) is 77.3 cm³/mol. The minimum Gasteiger partial charge on any atom is -0.491 e. The maximum atomic E-state index is 13.2. The lowest BCUT2D eigenvalue weighted by molar-refractivity contribution is 0.0337. The average molecular weight is 348 g/mol. The van der Waals surface area contributed by atoms with E-state index >= 15 is 0 Å². The Morgan fingerprint density at radius 3 is 2.70 bits per heavy atom. The van der Waals surface area contributed by atoms with E-state index in [0.29, 0.717) is 16.8 Å². The third-order valence-corrected chi connectivity index (χ3v) is 3.76. The van der Waals surface area contributed by atoms with Crippen LogP contribution >= 0.6 is 15.9 Å². The molecule has 0 aromatic heterocycles. The zero-order valence-corrected chi connectivity index (χ0v) is 12.7. The van der Waals surface area contributed by atoms with Crippen molar-refractivity contribution in [2.24, 2.45) is 0 Å². The highest BCUT2D eigenvalue weighted by atomic mass is 79.9. The molecule has 1 aliphatic heterocycles. The highest BCUT2D eigenvalue weighted by Crippen LogP contribution is 2.20. The van der Waals surface area contributed by atoms with Gasteiger partial charge in [0.15, 0.2) is 0 Å². The number of benzene rings is 1. The van der Waals surface area contributed by atoms with Crippen molar-refractivity contribution >= 4 is 15.9 Å². The number of piperidine rings is 1. The summed E-state index contributed by atoms with van der Waals surface area (Å²) in [5.74, 6) is 0.0128. The minimum atomic E-state index is -0.632. The van der Waals surface area contributed by atoms with Crippen LogP contribution in [-0.4, -0.2) is 53.6 Å². The largest absolute Gasteiger partial charge is 0.491 e. The Kier molecular flexibility index (Phi) is 5.77. The van der Waals surface area contributed by atoms with Crippen LogP contribution < -0.4 is 4.74 Å².